The van der Waals surface area contributed by atoms with Gasteiger partial charge in [0.25, 0.3) is 0 Å². The second-order valence-corrected chi connectivity index (χ2v) is 6.64. The van der Waals surface area contributed by atoms with Gasteiger partial charge in [-0.2, -0.15) is 0 Å². The predicted octanol–water partition coefficient (Wildman–Crippen LogP) is 2.74. The van der Waals surface area contributed by atoms with Crippen molar-refractivity contribution in [2.75, 3.05) is 20.2 Å². The van der Waals surface area contributed by atoms with Crippen molar-refractivity contribution in [2.24, 2.45) is 10.9 Å². The fourth-order valence-electron chi connectivity index (χ4n) is 3.13. The lowest BCUT2D eigenvalue weighted by Gasteiger charge is -2.29. The summed E-state index contributed by atoms with van der Waals surface area (Å²) in [6.45, 7) is 4.99. The lowest BCUT2D eigenvalue weighted by molar-refractivity contribution is -0.149. The van der Waals surface area contributed by atoms with E-state index in [1.165, 1.54) is 0 Å². The van der Waals surface area contributed by atoms with E-state index < -0.39 is 0 Å². The third kappa shape index (κ3) is 6.58. The van der Waals surface area contributed by atoms with E-state index in [2.05, 4.69) is 15.6 Å². The maximum absolute atomic E-state index is 11.8. The standard InChI is InChI=1S/C20H31N3O3/c1-4-25-19(24)16-10-12-17(13-11-16)23-20(21-3)22-14-15(2)26-18-8-6-5-7-9-18/h5-9,15-17H,4,10-14H2,1-3H3,(H2,21,22,23). The van der Waals surface area contributed by atoms with Crippen LogP contribution in [-0.2, 0) is 9.53 Å². The number of para-hydroxylation sites is 1. The van der Waals surface area contributed by atoms with E-state index in [-0.39, 0.29) is 18.0 Å². The molecule has 1 fully saturated rings. The van der Waals surface area contributed by atoms with Crippen molar-refractivity contribution in [3.05, 3.63) is 30.3 Å². The highest BCUT2D eigenvalue weighted by atomic mass is 16.5. The lowest BCUT2D eigenvalue weighted by Crippen LogP contribution is -2.47. The van der Waals surface area contributed by atoms with Crippen molar-refractivity contribution in [1.82, 2.24) is 10.6 Å². The summed E-state index contributed by atoms with van der Waals surface area (Å²) in [6.07, 6.45) is 3.64. The molecule has 0 spiro atoms. The first kappa shape index (κ1) is 20.1. The van der Waals surface area contributed by atoms with Gasteiger partial charge >= 0.3 is 5.97 Å². The van der Waals surface area contributed by atoms with Crippen LogP contribution in [-0.4, -0.2) is 44.3 Å². The Morgan fingerprint density at radius 3 is 2.54 bits per heavy atom. The third-order valence-corrected chi connectivity index (χ3v) is 4.55. The number of benzene rings is 1. The van der Waals surface area contributed by atoms with Gasteiger partial charge in [0.05, 0.1) is 19.1 Å². The second kappa shape index (κ2) is 10.7. The Morgan fingerprint density at radius 1 is 1.23 bits per heavy atom. The Bertz CT molecular complexity index is 569. The Morgan fingerprint density at radius 2 is 1.92 bits per heavy atom. The van der Waals surface area contributed by atoms with Gasteiger partial charge in [-0.1, -0.05) is 18.2 Å². The Kier molecular flexibility index (Phi) is 8.25. The summed E-state index contributed by atoms with van der Waals surface area (Å²) in [6, 6.07) is 10.1. The van der Waals surface area contributed by atoms with Crippen molar-refractivity contribution < 1.29 is 14.3 Å². The van der Waals surface area contributed by atoms with Crippen molar-refractivity contribution >= 4 is 11.9 Å². The van der Waals surface area contributed by atoms with E-state index in [0.717, 1.165) is 37.4 Å². The summed E-state index contributed by atoms with van der Waals surface area (Å²) in [5.41, 5.74) is 0. The first-order valence-corrected chi connectivity index (χ1v) is 9.47. The minimum absolute atomic E-state index is 0.0236. The molecule has 2 rings (SSSR count). The molecule has 0 aromatic heterocycles. The third-order valence-electron chi connectivity index (χ3n) is 4.55. The molecule has 144 valence electrons. The van der Waals surface area contributed by atoms with Gasteiger partial charge in [0.1, 0.15) is 11.9 Å². The topological polar surface area (TPSA) is 72.0 Å². The second-order valence-electron chi connectivity index (χ2n) is 6.64. The van der Waals surface area contributed by atoms with E-state index in [9.17, 15) is 4.79 Å². The number of aliphatic imine (C=N–C) groups is 1. The van der Waals surface area contributed by atoms with E-state index in [1.54, 1.807) is 7.05 Å². The van der Waals surface area contributed by atoms with E-state index in [0.29, 0.717) is 19.2 Å². The van der Waals surface area contributed by atoms with Gasteiger partial charge in [-0.3, -0.25) is 9.79 Å². The summed E-state index contributed by atoms with van der Waals surface area (Å²) in [5, 5.41) is 6.76. The summed E-state index contributed by atoms with van der Waals surface area (Å²) < 4.78 is 11.0. The van der Waals surface area contributed by atoms with E-state index >= 15 is 0 Å². The number of carbonyl (C=O) groups is 1. The molecule has 1 aromatic rings. The van der Waals surface area contributed by atoms with Crippen LogP contribution in [0.2, 0.25) is 0 Å². The Balaban J connectivity index is 1.70. The van der Waals surface area contributed by atoms with Crippen LogP contribution < -0.4 is 15.4 Å². The number of esters is 1. The molecule has 1 unspecified atom stereocenters. The molecule has 1 aliphatic rings. The average Bonchev–Trinajstić information content (AvgIpc) is 2.66. The zero-order valence-corrected chi connectivity index (χ0v) is 16.0. The molecular formula is C20H31N3O3. The van der Waals surface area contributed by atoms with Gasteiger partial charge in [0.2, 0.25) is 0 Å². The number of guanidine groups is 1. The Hall–Kier alpha value is -2.24. The normalized spacial score (nSPS) is 21.6. The quantitative estimate of drug-likeness (QED) is 0.444. The number of carbonyl (C=O) groups excluding carboxylic acids is 1. The number of hydrogen-bond acceptors (Lipinski definition) is 4. The van der Waals surface area contributed by atoms with Crippen molar-refractivity contribution in [3.63, 3.8) is 0 Å². The molecule has 2 N–H and O–H groups in total. The van der Waals surface area contributed by atoms with Gasteiger partial charge in [-0.25, -0.2) is 0 Å². The summed E-state index contributed by atoms with van der Waals surface area (Å²) in [4.78, 5) is 16.1. The predicted molar refractivity (Wildman–Crippen MR) is 103 cm³/mol. The molecule has 1 aromatic carbocycles. The van der Waals surface area contributed by atoms with Crippen molar-refractivity contribution in [1.29, 1.82) is 0 Å². The molecular weight excluding hydrogens is 330 g/mol. The van der Waals surface area contributed by atoms with Crippen LogP contribution in [0.25, 0.3) is 0 Å². The lowest BCUT2D eigenvalue weighted by atomic mass is 9.86. The fourth-order valence-corrected chi connectivity index (χ4v) is 3.13. The van der Waals surface area contributed by atoms with Crippen molar-refractivity contribution in [3.8, 4) is 5.75 Å². The zero-order chi connectivity index (χ0) is 18.8. The van der Waals surface area contributed by atoms with Crippen LogP contribution in [0.3, 0.4) is 0 Å². The van der Waals surface area contributed by atoms with Crippen LogP contribution >= 0.6 is 0 Å². The minimum Gasteiger partial charge on any atom is -0.489 e. The maximum atomic E-state index is 11.8. The first-order chi connectivity index (χ1) is 12.6. The van der Waals surface area contributed by atoms with Gasteiger partial charge in [0, 0.05) is 13.1 Å². The number of rotatable bonds is 7. The van der Waals surface area contributed by atoms with Crippen LogP contribution in [0.15, 0.2) is 35.3 Å². The number of hydrogen-bond donors (Lipinski definition) is 2. The smallest absolute Gasteiger partial charge is 0.308 e. The van der Waals surface area contributed by atoms with Crippen LogP contribution in [0.4, 0.5) is 0 Å². The summed E-state index contributed by atoms with van der Waals surface area (Å²) in [7, 11) is 1.77. The fraction of sp³-hybridized carbons (Fsp3) is 0.600. The van der Waals surface area contributed by atoms with Crippen molar-refractivity contribution in [2.45, 2.75) is 51.7 Å². The van der Waals surface area contributed by atoms with E-state index in [1.807, 2.05) is 44.2 Å². The highest BCUT2D eigenvalue weighted by molar-refractivity contribution is 5.80. The van der Waals surface area contributed by atoms with Crippen LogP contribution in [0.1, 0.15) is 39.5 Å². The number of nitrogens with zero attached hydrogens (tertiary/aromatic N) is 1. The number of nitrogens with one attached hydrogen (secondary N) is 2. The molecule has 0 radical (unpaired) electrons. The highest BCUT2D eigenvalue weighted by Crippen LogP contribution is 2.25. The SMILES string of the molecule is CCOC(=O)C1CCC(NC(=NC)NCC(C)Oc2ccccc2)CC1. The largest absolute Gasteiger partial charge is 0.489 e. The molecule has 0 amide bonds. The maximum Gasteiger partial charge on any atom is 0.308 e. The van der Waals surface area contributed by atoms with Gasteiger partial charge in [-0.05, 0) is 51.7 Å². The molecule has 26 heavy (non-hydrogen) atoms. The molecule has 0 heterocycles. The molecule has 6 nitrogen and oxygen atoms in total. The minimum atomic E-state index is -0.0552. The van der Waals surface area contributed by atoms with Gasteiger partial charge in [-0.15, -0.1) is 0 Å². The summed E-state index contributed by atoms with van der Waals surface area (Å²) >= 11 is 0. The molecule has 1 atom stereocenters. The number of ether oxygens (including phenoxy) is 2. The monoisotopic (exact) mass is 361 g/mol. The van der Waals surface area contributed by atoms with Gasteiger partial charge < -0.3 is 20.1 Å². The molecule has 6 heteroatoms. The molecule has 0 saturated heterocycles. The molecule has 1 aliphatic carbocycles. The average molecular weight is 361 g/mol. The van der Waals surface area contributed by atoms with Gasteiger partial charge in [0.15, 0.2) is 5.96 Å². The molecule has 0 aliphatic heterocycles. The zero-order valence-electron chi connectivity index (χ0n) is 16.0. The highest BCUT2D eigenvalue weighted by Gasteiger charge is 2.27. The summed E-state index contributed by atoms with van der Waals surface area (Å²) in [5.74, 6) is 1.62. The Labute approximate surface area is 156 Å². The molecule has 0 bridgehead atoms. The first-order valence-electron chi connectivity index (χ1n) is 9.47. The van der Waals surface area contributed by atoms with E-state index in [4.69, 9.17) is 9.47 Å². The van der Waals surface area contributed by atoms with Crippen LogP contribution in [0.5, 0.6) is 5.75 Å². The van der Waals surface area contributed by atoms with Crippen LogP contribution in [0, 0.1) is 5.92 Å². The molecule has 1 saturated carbocycles.